The summed E-state index contributed by atoms with van der Waals surface area (Å²) >= 11 is 0. The third-order valence-corrected chi connectivity index (χ3v) is 13.7. The molecule has 0 bridgehead atoms. The number of halogens is 10. The van der Waals surface area contributed by atoms with E-state index in [1.807, 2.05) is 16.8 Å². The van der Waals surface area contributed by atoms with Crippen LogP contribution in [0.4, 0.5) is 59.3 Å². The molecular formula is C51H58F10N10O8. The van der Waals surface area contributed by atoms with Crippen molar-refractivity contribution in [1.29, 1.82) is 0 Å². The number of alkyl carbamates (subject to hydrolysis) is 2. The molecule has 5 N–H and O–H groups in total. The molecule has 2 aromatic heterocycles. The number of ether oxygens (including phenoxy) is 3. The molecule has 0 saturated carbocycles. The van der Waals surface area contributed by atoms with E-state index in [-0.39, 0.29) is 21.5 Å². The average molecular weight is 1130 g/mol. The molecule has 4 amide bonds. The number of anilines is 1. The zero-order valence-corrected chi connectivity index (χ0v) is 43.4. The Morgan fingerprint density at radius 3 is 1.81 bits per heavy atom. The van der Waals surface area contributed by atoms with Crippen molar-refractivity contribution >= 4 is 29.8 Å². The molecule has 79 heavy (non-hydrogen) atoms. The Kier molecular flexibility index (Phi) is 19.5. The van der Waals surface area contributed by atoms with E-state index in [0.29, 0.717) is 62.0 Å². The van der Waals surface area contributed by atoms with Crippen LogP contribution in [0.3, 0.4) is 0 Å². The first-order chi connectivity index (χ1) is 37.0. The molecule has 2 aliphatic rings. The van der Waals surface area contributed by atoms with Gasteiger partial charge in [-0.2, -0.15) is 40.2 Å². The van der Waals surface area contributed by atoms with Gasteiger partial charge < -0.3 is 40.2 Å². The summed E-state index contributed by atoms with van der Waals surface area (Å²) in [5.41, 5.74) is -4.45. The quantitative estimate of drug-likeness (QED) is 0.0411. The number of amides is 4. The highest BCUT2D eigenvalue weighted by molar-refractivity contribution is 5.87. The van der Waals surface area contributed by atoms with Crippen LogP contribution in [-0.2, 0) is 36.8 Å². The van der Waals surface area contributed by atoms with Crippen LogP contribution < -0.4 is 26.3 Å². The number of carbonyl (C=O) groups excluding carboxylic acids is 4. The number of hydrazine groups is 1. The minimum atomic E-state index is -5.23. The molecule has 6 rings (SSSR count). The van der Waals surface area contributed by atoms with Crippen molar-refractivity contribution in [2.75, 3.05) is 65.1 Å². The van der Waals surface area contributed by atoms with Crippen molar-refractivity contribution < 1.29 is 82.4 Å². The van der Waals surface area contributed by atoms with Crippen LogP contribution in [0.5, 0.6) is 0 Å². The van der Waals surface area contributed by atoms with Crippen molar-refractivity contribution in [3.8, 4) is 23.1 Å². The Hall–Kier alpha value is -7.22. The number of hydrogen-bond donors (Lipinski definition) is 5. The zero-order valence-electron chi connectivity index (χ0n) is 43.4. The van der Waals surface area contributed by atoms with Crippen LogP contribution in [0.25, 0.3) is 11.3 Å². The summed E-state index contributed by atoms with van der Waals surface area (Å²) in [6.45, 7) is 1.62. The van der Waals surface area contributed by atoms with Crippen LogP contribution in [0.2, 0.25) is 0 Å². The zero-order chi connectivity index (χ0) is 58.2. The van der Waals surface area contributed by atoms with Crippen molar-refractivity contribution in [3.05, 3.63) is 101 Å². The smallest absolute Gasteiger partial charge is 0.407 e. The molecule has 4 aromatic rings. The number of nitrogens with one attached hydrogen (secondary N) is 4. The molecule has 2 aliphatic heterocycles. The number of pyridine rings is 1. The van der Waals surface area contributed by atoms with Crippen molar-refractivity contribution in [1.82, 2.24) is 46.0 Å². The number of rotatable bonds is 19. The maximum atomic E-state index is 16.0. The van der Waals surface area contributed by atoms with Gasteiger partial charge in [0, 0.05) is 73.9 Å². The molecule has 2 aromatic carbocycles. The van der Waals surface area contributed by atoms with Gasteiger partial charge in [0.15, 0.2) is 0 Å². The molecule has 0 spiro atoms. The Labute approximate surface area is 447 Å². The summed E-state index contributed by atoms with van der Waals surface area (Å²) in [7, 11) is 1.60. The average Bonchev–Trinajstić information content (AvgIpc) is 3.90. The van der Waals surface area contributed by atoms with E-state index in [9.17, 15) is 59.4 Å². The van der Waals surface area contributed by atoms with E-state index in [2.05, 4.69) is 46.5 Å². The summed E-state index contributed by atoms with van der Waals surface area (Å²) in [5.74, 6) is 0.690. The lowest BCUT2D eigenvalue weighted by atomic mass is 9.82. The summed E-state index contributed by atoms with van der Waals surface area (Å²) in [6.07, 6.45) is -13.6. The van der Waals surface area contributed by atoms with Crippen molar-refractivity contribution in [2.24, 2.45) is 10.8 Å². The fourth-order valence-electron chi connectivity index (χ4n) is 8.31. The maximum absolute atomic E-state index is 16.0. The standard InChI is InChI=1S/C51H58F10N10O8/c1-48(2,50(56,57)58)41(64-46(75)77-5)43(73)63-38(21-30-10-7-29(8-11-30)9-12-31-13-14-40(62-24-31)69-19-17-68(18-20-69)33-27-79-28-33)39(72)26-70(67-44(74)42(65-47(76)78-6)49(3,4)51(59,60)61)25-34-35(52)22-32(23-36(34)53)37-15-16-71(66-37)45(54)55/h7-8,10-11,13-16,22-24,33,38-39,41-42,45,72H,17-21,25-28H2,1-6H3,(H,63,73)(H,64,75)(H,65,76)(H,67,74). The van der Waals surface area contributed by atoms with Gasteiger partial charge in [-0.15, -0.1) is 0 Å². The third-order valence-electron chi connectivity index (χ3n) is 13.7. The summed E-state index contributed by atoms with van der Waals surface area (Å²) in [6, 6.07) is 5.66. The van der Waals surface area contributed by atoms with Gasteiger partial charge in [-0.05, 0) is 82.1 Å². The fraction of sp³-hybridized carbons (Fsp3) is 0.490. The van der Waals surface area contributed by atoms with Crippen molar-refractivity contribution in [2.45, 2.75) is 89.8 Å². The van der Waals surface area contributed by atoms with Crippen LogP contribution in [0, 0.1) is 34.3 Å². The Morgan fingerprint density at radius 1 is 0.785 bits per heavy atom. The van der Waals surface area contributed by atoms with E-state index in [1.54, 1.807) is 17.6 Å². The molecule has 4 unspecified atom stereocenters. The first-order valence-corrected chi connectivity index (χ1v) is 24.3. The van der Waals surface area contributed by atoms with Gasteiger partial charge in [0.1, 0.15) is 29.5 Å². The highest BCUT2D eigenvalue weighted by Crippen LogP contribution is 2.42. The number of hydrogen-bond acceptors (Lipinski definition) is 13. The van der Waals surface area contributed by atoms with Crippen LogP contribution in [0.15, 0.2) is 67.0 Å². The number of aromatic nitrogens is 3. The monoisotopic (exact) mass is 1130 g/mol. The lowest BCUT2D eigenvalue weighted by Crippen LogP contribution is -2.63. The number of aliphatic hydroxyl groups is 1. The number of aliphatic hydroxyl groups excluding tert-OH is 1. The summed E-state index contributed by atoms with van der Waals surface area (Å²) in [4.78, 5) is 61.9. The third kappa shape index (κ3) is 15.1. The van der Waals surface area contributed by atoms with Gasteiger partial charge in [0.2, 0.25) is 5.91 Å². The molecule has 28 heteroatoms. The van der Waals surface area contributed by atoms with E-state index < -0.39 is 115 Å². The SMILES string of the molecule is COC(=O)NC(C(=O)NC(Cc1ccc(C#Cc2ccc(N3CCN(C4COC4)CC3)nc2)cc1)C(O)CN(Cc1c(F)cc(-c2ccn(C(F)F)n2)cc1F)NC(=O)C(NC(=O)OC)C(C)(C)C(F)(F)F)C(C)(C)C(F)(F)F. The highest BCUT2D eigenvalue weighted by atomic mass is 19.4. The van der Waals surface area contributed by atoms with Gasteiger partial charge in [-0.3, -0.25) is 19.9 Å². The number of methoxy groups -OCH3 is 2. The first-order valence-electron chi connectivity index (χ1n) is 24.3. The largest absolute Gasteiger partial charge is 0.453 e. The van der Waals surface area contributed by atoms with Gasteiger partial charge in [0.05, 0.1) is 62.1 Å². The van der Waals surface area contributed by atoms with Crippen molar-refractivity contribution in [3.63, 3.8) is 0 Å². The minimum absolute atomic E-state index is 0.197. The van der Waals surface area contributed by atoms with Gasteiger partial charge in [0.25, 0.3) is 5.91 Å². The Bertz CT molecular complexity index is 2810. The maximum Gasteiger partial charge on any atom is 0.407 e. The van der Waals surface area contributed by atoms with Crippen LogP contribution >= 0.6 is 0 Å². The fourth-order valence-corrected chi connectivity index (χ4v) is 8.31. The second kappa shape index (κ2) is 25.3. The lowest BCUT2D eigenvalue weighted by molar-refractivity contribution is -0.221. The highest BCUT2D eigenvalue weighted by Gasteiger charge is 2.57. The molecule has 2 fully saturated rings. The van der Waals surface area contributed by atoms with E-state index in [0.717, 1.165) is 71.7 Å². The Balaban J connectivity index is 1.32. The summed E-state index contributed by atoms with van der Waals surface area (Å²) < 4.78 is 160. The summed E-state index contributed by atoms with van der Waals surface area (Å²) in [5, 5.41) is 22.0. The topological polar surface area (TPSA) is 205 Å². The first kappa shape index (κ1) is 61.0. The normalized spacial score (nSPS) is 16.2. The molecule has 4 heterocycles. The minimum Gasteiger partial charge on any atom is -0.453 e. The molecule has 18 nitrogen and oxygen atoms in total. The second-order valence-electron chi connectivity index (χ2n) is 19.8. The van der Waals surface area contributed by atoms with Gasteiger partial charge in [-0.25, -0.2) is 33.0 Å². The Morgan fingerprint density at radius 2 is 1.33 bits per heavy atom. The molecule has 0 aliphatic carbocycles. The molecule has 0 radical (unpaired) electrons. The number of piperazine rings is 1. The van der Waals surface area contributed by atoms with Gasteiger partial charge >= 0.3 is 31.1 Å². The number of nitrogens with zero attached hydrogens (tertiary/aromatic N) is 6. The van der Waals surface area contributed by atoms with Crippen LogP contribution in [-0.4, -0.2) is 157 Å². The lowest BCUT2D eigenvalue weighted by Gasteiger charge is -2.42. The number of benzene rings is 2. The molecule has 4 atom stereocenters. The molecular weight excluding hydrogens is 1070 g/mol. The van der Waals surface area contributed by atoms with E-state index in [1.165, 1.54) is 24.3 Å². The number of alkyl halides is 8. The predicted octanol–water partition coefficient (Wildman–Crippen LogP) is 6.09. The van der Waals surface area contributed by atoms with Crippen LogP contribution in [0.1, 0.15) is 56.5 Å². The molecule has 430 valence electrons. The predicted molar refractivity (Wildman–Crippen MR) is 262 cm³/mol. The molecule has 2 saturated heterocycles. The van der Waals surface area contributed by atoms with Gasteiger partial charge in [-0.1, -0.05) is 24.0 Å². The second-order valence-corrected chi connectivity index (χ2v) is 19.8. The van der Waals surface area contributed by atoms with E-state index >= 15 is 8.78 Å². The number of carbonyl (C=O) groups is 4. The van der Waals surface area contributed by atoms with E-state index in [4.69, 9.17) is 4.74 Å².